The van der Waals surface area contributed by atoms with Crippen molar-refractivity contribution < 1.29 is 14.6 Å². The van der Waals surface area contributed by atoms with Crippen LogP contribution in [0.1, 0.15) is 12.0 Å². The third-order valence-electron chi connectivity index (χ3n) is 4.28. The van der Waals surface area contributed by atoms with Crippen molar-refractivity contribution >= 4 is 11.6 Å². The number of hydrogen-bond donors (Lipinski definition) is 1. The Morgan fingerprint density at radius 3 is 2.52 bits per heavy atom. The first-order valence-corrected chi connectivity index (χ1v) is 8.98. The minimum Gasteiger partial charge on any atom is -0.491 e. The van der Waals surface area contributed by atoms with Gasteiger partial charge in [-0.25, -0.2) is 0 Å². The van der Waals surface area contributed by atoms with Crippen LogP contribution in [0.4, 0.5) is 0 Å². The molecule has 4 nitrogen and oxygen atoms in total. The number of halogens is 1. The highest BCUT2D eigenvalue weighted by Gasteiger charge is 2.25. The van der Waals surface area contributed by atoms with E-state index in [2.05, 4.69) is 4.90 Å². The lowest BCUT2D eigenvalue weighted by Crippen LogP contribution is -2.35. The molecule has 0 aromatic heterocycles. The normalized spacial score (nSPS) is 18.9. The number of β-amino-alcohol motifs (C(OH)–C–C–N with tert-alkyl or cyclic N) is 1. The summed E-state index contributed by atoms with van der Waals surface area (Å²) >= 11 is 5.89. The monoisotopic (exact) mass is 361 g/mol. The Bertz CT molecular complexity index is 660. The van der Waals surface area contributed by atoms with E-state index in [1.807, 2.05) is 55.5 Å². The maximum Gasteiger partial charge on any atom is 0.119 e. The van der Waals surface area contributed by atoms with Crippen molar-refractivity contribution in [2.45, 2.75) is 25.6 Å². The second-order valence-corrected chi connectivity index (χ2v) is 6.96. The average molecular weight is 362 g/mol. The van der Waals surface area contributed by atoms with Crippen LogP contribution in [0.5, 0.6) is 11.5 Å². The van der Waals surface area contributed by atoms with Crippen LogP contribution in [0, 0.1) is 6.92 Å². The number of hydrogen-bond acceptors (Lipinski definition) is 4. The van der Waals surface area contributed by atoms with Crippen molar-refractivity contribution in [2.75, 3.05) is 26.2 Å². The van der Waals surface area contributed by atoms with Crippen LogP contribution in [0.2, 0.25) is 5.02 Å². The van der Waals surface area contributed by atoms with Gasteiger partial charge < -0.3 is 14.6 Å². The lowest BCUT2D eigenvalue weighted by atomic mass is 10.2. The van der Waals surface area contributed by atoms with Crippen LogP contribution in [-0.2, 0) is 0 Å². The van der Waals surface area contributed by atoms with E-state index in [9.17, 15) is 5.11 Å². The highest BCUT2D eigenvalue weighted by Crippen LogP contribution is 2.21. The van der Waals surface area contributed by atoms with Crippen LogP contribution >= 0.6 is 11.6 Å². The Morgan fingerprint density at radius 1 is 1.12 bits per heavy atom. The van der Waals surface area contributed by atoms with Gasteiger partial charge in [-0.1, -0.05) is 29.3 Å². The first-order chi connectivity index (χ1) is 12.1. The molecule has 5 heteroatoms. The van der Waals surface area contributed by atoms with Crippen molar-refractivity contribution in [1.82, 2.24) is 4.90 Å². The predicted octanol–water partition coefficient (Wildman–Crippen LogP) is 3.54. The Morgan fingerprint density at radius 2 is 1.80 bits per heavy atom. The molecule has 25 heavy (non-hydrogen) atoms. The molecule has 1 aliphatic heterocycles. The van der Waals surface area contributed by atoms with Gasteiger partial charge in [-0.2, -0.15) is 0 Å². The molecule has 0 saturated carbocycles. The van der Waals surface area contributed by atoms with Gasteiger partial charge in [0.2, 0.25) is 0 Å². The Balaban J connectivity index is 1.39. The van der Waals surface area contributed by atoms with E-state index in [-0.39, 0.29) is 6.10 Å². The Labute approximate surface area is 153 Å². The molecule has 2 aromatic carbocycles. The number of benzene rings is 2. The zero-order valence-corrected chi connectivity index (χ0v) is 15.2. The van der Waals surface area contributed by atoms with Gasteiger partial charge in [0.15, 0.2) is 0 Å². The fourth-order valence-corrected chi connectivity index (χ4v) is 3.07. The van der Waals surface area contributed by atoms with Crippen LogP contribution in [0.25, 0.3) is 0 Å². The van der Waals surface area contributed by atoms with E-state index in [0.717, 1.165) is 31.0 Å². The smallest absolute Gasteiger partial charge is 0.119 e. The highest BCUT2D eigenvalue weighted by atomic mass is 35.5. The van der Waals surface area contributed by atoms with Gasteiger partial charge >= 0.3 is 0 Å². The molecule has 0 bridgehead atoms. The molecule has 1 N–H and O–H groups in total. The van der Waals surface area contributed by atoms with Crippen molar-refractivity contribution in [3.05, 3.63) is 59.1 Å². The van der Waals surface area contributed by atoms with Crippen molar-refractivity contribution in [2.24, 2.45) is 0 Å². The molecule has 1 aliphatic rings. The summed E-state index contributed by atoms with van der Waals surface area (Å²) in [5, 5.41) is 10.9. The first kappa shape index (κ1) is 18.1. The summed E-state index contributed by atoms with van der Waals surface area (Å²) in [6.07, 6.45) is 0.579. The molecule has 1 saturated heterocycles. The molecule has 0 amide bonds. The topological polar surface area (TPSA) is 41.9 Å². The second kappa shape index (κ2) is 8.56. The van der Waals surface area contributed by atoms with E-state index in [1.165, 1.54) is 5.56 Å². The molecule has 3 rings (SSSR count). The van der Waals surface area contributed by atoms with Gasteiger partial charge in [0.05, 0.1) is 0 Å². The van der Waals surface area contributed by atoms with Gasteiger partial charge in [-0.15, -0.1) is 0 Å². The summed E-state index contributed by atoms with van der Waals surface area (Å²) < 4.78 is 11.6. The van der Waals surface area contributed by atoms with E-state index in [0.29, 0.717) is 18.2 Å². The Hall–Kier alpha value is -1.75. The predicted molar refractivity (Wildman–Crippen MR) is 99.6 cm³/mol. The van der Waals surface area contributed by atoms with Crippen molar-refractivity contribution in [1.29, 1.82) is 0 Å². The van der Waals surface area contributed by atoms with Crippen LogP contribution in [0.3, 0.4) is 0 Å². The van der Waals surface area contributed by atoms with Gasteiger partial charge in [-0.05, 0) is 49.7 Å². The molecule has 2 atom stereocenters. The number of likely N-dealkylation sites (tertiary alicyclic amines) is 1. The zero-order chi connectivity index (χ0) is 17.6. The summed E-state index contributed by atoms with van der Waals surface area (Å²) in [4.78, 5) is 2.21. The standard InChI is InChI=1S/C20H24ClNO3/c1-15-2-6-18(7-3-15)24-14-17(23)12-22-11-10-20(13-22)25-19-8-4-16(21)5-9-19/h2-9,17,20,23H,10-14H2,1H3. The maximum absolute atomic E-state index is 10.2. The summed E-state index contributed by atoms with van der Waals surface area (Å²) in [6, 6.07) is 15.3. The molecule has 2 aromatic rings. The SMILES string of the molecule is Cc1ccc(OCC(O)CN2CCC(Oc3ccc(Cl)cc3)C2)cc1. The van der Waals surface area contributed by atoms with Crippen LogP contribution in [0.15, 0.2) is 48.5 Å². The summed E-state index contributed by atoms with van der Waals surface area (Å²) in [5.41, 5.74) is 1.19. The fourth-order valence-electron chi connectivity index (χ4n) is 2.94. The molecule has 1 fully saturated rings. The number of rotatable bonds is 7. The van der Waals surface area contributed by atoms with Gasteiger partial charge in [0.1, 0.15) is 30.3 Å². The summed E-state index contributed by atoms with van der Waals surface area (Å²) in [7, 11) is 0. The second-order valence-electron chi connectivity index (χ2n) is 6.52. The largest absolute Gasteiger partial charge is 0.491 e. The van der Waals surface area contributed by atoms with E-state index in [1.54, 1.807) is 0 Å². The lowest BCUT2D eigenvalue weighted by Gasteiger charge is -2.20. The summed E-state index contributed by atoms with van der Waals surface area (Å²) in [6.45, 7) is 4.65. The lowest BCUT2D eigenvalue weighted by molar-refractivity contribution is 0.0720. The zero-order valence-electron chi connectivity index (χ0n) is 14.4. The van der Waals surface area contributed by atoms with Gasteiger partial charge in [0.25, 0.3) is 0 Å². The minimum absolute atomic E-state index is 0.145. The molecule has 134 valence electrons. The van der Waals surface area contributed by atoms with Crippen LogP contribution in [-0.4, -0.2) is 48.5 Å². The number of nitrogens with zero attached hydrogens (tertiary/aromatic N) is 1. The quantitative estimate of drug-likeness (QED) is 0.819. The number of aliphatic hydroxyl groups is 1. The number of ether oxygens (including phenoxy) is 2. The van der Waals surface area contributed by atoms with Crippen molar-refractivity contribution in [3.63, 3.8) is 0 Å². The highest BCUT2D eigenvalue weighted by molar-refractivity contribution is 6.30. The summed E-state index contributed by atoms with van der Waals surface area (Å²) in [5.74, 6) is 1.62. The number of aryl methyl sites for hydroxylation is 1. The molecule has 0 radical (unpaired) electrons. The van der Waals surface area contributed by atoms with E-state index in [4.69, 9.17) is 21.1 Å². The maximum atomic E-state index is 10.2. The molecular weight excluding hydrogens is 338 g/mol. The molecular formula is C20H24ClNO3. The minimum atomic E-state index is -0.518. The van der Waals surface area contributed by atoms with Gasteiger partial charge in [-0.3, -0.25) is 4.90 Å². The molecule has 0 spiro atoms. The van der Waals surface area contributed by atoms with Gasteiger partial charge in [0, 0.05) is 24.7 Å². The Kier molecular flexibility index (Phi) is 6.19. The first-order valence-electron chi connectivity index (χ1n) is 8.60. The third-order valence-corrected chi connectivity index (χ3v) is 4.53. The van der Waals surface area contributed by atoms with E-state index >= 15 is 0 Å². The average Bonchev–Trinajstić information content (AvgIpc) is 3.03. The van der Waals surface area contributed by atoms with Crippen molar-refractivity contribution in [3.8, 4) is 11.5 Å². The fraction of sp³-hybridized carbons (Fsp3) is 0.400. The van der Waals surface area contributed by atoms with Crippen LogP contribution < -0.4 is 9.47 Å². The molecule has 0 aliphatic carbocycles. The molecule has 1 heterocycles. The number of aliphatic hydroxyl groups excluding tert-OH is 1. The molecule has 2 unspecified atom stereocenters. The van der Waals surface area contributed by atoms with E-state index < -0.39 is 6.10 Å². The third kappa shape index (κ3) is 5.63.